The molecule has 3 aliphatic rings. The van der Waals surface area contributed by atoms with E-state index in [9.17, 15) is 28.8 Å². The van der Waals surface area contributed by atoms with Crippen molar-refractivity contribution in [3.63, 3.8) is 0 Å². The lowest BCUT2D eigenvalue weighted by atomic mass is 10.4. The molecule has 238 valence electrons. The molecule has 5 heterocycles. The summed E-state index contributed by atoms with van der Waals surface area (Å²) in [5.41, 5.74) is 0. The minimum Gasteiger partial charge on any atom is -0.475 e. The average Bonchev–Trinajstić information content (AvgIpc) is 3.82. The van der Waals surface area contributed by atoms with Gasteiger partial charge in [0.05, 0.1) is 6.61 Å². The van der Waals surface area contributed by atoms with Gasteiger partial charge in [-0.1, -0.05) is 0 Å². The van der Waals surface area contributed by atoms with Gasteiger partial charge < -0.3 is 62.0 Å². The highest BCUT2D eigenvalue weighted by molar-refractivity contribution is 5.91. The van der Waals surface area contributed by atoms with Crippen LogP contribution in [-0.2, 0) is 37.9 Å². The molecule has 5 rings (SSSR count). The molecule has 19 nitrogen and oxygen atoms in total. The first-order chi connectivity index (χ1) is 20.9. The Bertz CT molecular complexity index is 1280. The van der Waals surface area contributed by atoms with Crippen molar-refractivity contribution in [1.82, 2.24) is 0 Å². The van der Waals surface area contributed by atoms with Gasteiger partial charge in [0.25, 0.3) is 5.95 Å². The van der Waals surface area contributed by atoms with Gasteiger partial charge in [-0.2, -0.15) is 0 Å². The Morgan fingerprint density at radius 2 is 1.09 bits per heavy atom. The van der Waals surface area contributed by atoms with Crippen LogP contribution >= 0.6 is 0 Å². The highest BCUT2D eigenvalue weighted by atomic mass is 16.8. The number of aliphatic hydroxyl groups excluding tert-OH is 1. The second-order valence-electron chi connectivity index (χ2n) is 8.34. The summed E-state index contributed by atoms with van der Waals surface area (Å²) in [4.78, 5) is 65.4. The highest BCUT2D eigenvalue weighted by Crippen LogP contribution is 2.14. The van der Waals surface area contributed by atoms with E-state index in [2.05, 4.69) is 20.5 Å². The predicted octanol–water partition coefficient (Wildman–Crippen LogP) is 1.21. The number of carboxylic acid groups (broad SMARTS) is 2. The third-order valence-electron chi connectivity index (χ3n) is 5.07. The quantitative estimate of drug-likeness (QED) is 0.260. The van der Waals surface area contributed by atoms with Crippen LogP contribution in [0, 0.1) is 0 Å². The van der Waals surface area contributed by atoms with Gasteiger partial charge >= 0.3 is 36.2 Å². The van der Waals surface area contributed by atoms with Crippen LogP contribution in [-0.4, -0.2) is 109 Å². The summed E-state index contributed by atoms with van der Waals surface area (Å²) in [7, 11) is 0. The van der Waals surface area contributed by atoms with Gasteiger partial charge in [-0.3, -0.25) is 0 Å². The van der Waals surface area contributed by atoms with Crippen LogP contribution in [0.4, 0.5) is 9.59 Å². The molecule has 19 heteroatoms. The van der Waals surface area contributed by atoms with Crippen molar-refractivity contribution >= 4 is 36.2 Å². The largest absolute Gasteiger partial charge is 0.508 e. The van der Waals surface area contributed by atoms with Crippen molar-refractivity contribution in [2.45, 2.75) is 18.3 Å². The minimum absolute atomic E-state index is 0.000972. The molecule has 3 saturated heterocycles. The second-order valence-corrected chi connectivity index (χ2v) is 8.34. The number of cyclic esters (lactones) is 4. The highest BCUT2D eigenvalue weighted by Gasteiger charge is 2.29. The topological polar surface area (TPSA) is 263 Å². The van der Waals surface area contributed by atoms with Crippen LogP contribution in [0.15, 0.2) is 45.6 Å². The van der Waals surface area contributed by atoms with Gasteiger partial charge in [-0.15, -0.1) is 0 Å². The number of hydrogen-bond acceptors (Lipinski definition) is 17. The maximum absolute atomic E-state index is 11.8. The number of hydrogen-bond donors (Lipinski definition) is 3. The van der Waals surface area contributed by atoms with E-state index in [1.807, 2.05) is 0 Å². The lowest BCUT2D eigenvalue weighted by molar-refractivity contribution is 0.0235. The van der Waals surface area contributed by atoms with Crippen molar-refractivity contribution in [3.05, 3.63) is 59.8 Å². The Morgan fingerprint density at radius 3 is 1.39 bits per heavy atom. The number of esters is 2. The molecule has 2 aromatic rings. The SMILES string of the molecule is C=C1OCC(CO)O1.O=C(O)c1ccc(C(=O)O)o1.O=C1OCC(COC(=O)c2ccc(C(=O)OCC3COC(=O)O3)o2)O1. The van der Waals surface area contributed by atoms with E-state index in [4.69, 9.17) is 48.2 Å². The Morgan fingerprint density at radius 1 is 0.682 bits per heavy atom. The van der Waals surface area contributed by atoms with Crippen molar-refractivity contribution in [3.8, 4) is 0 Å². The molecule has 0 amide bonds. The van der Waals surface area contributed by atoms with Crippen LogP contribution in [0.3, 0.4) is 0 Å². The fourth-order valence-electron chi connectivity index (χ4n) is 3.03. The smallest absolute Gasteiger partial charge is 0.475 e. The van der Waals surface area contributed by atoms with E-state index in [1.54, 1.807) is 0 Å². The predicted molar refractivity (Wildman–Crippen MR) is 131 cm³/mol. The van der Waals surface area contributed by atoms with Crippen molar-refractivity contribution in [1.29, 1.82) is 0 Å². The molecule has 0 saturated carbocycles. The molecule has 0 radical (unpaired) electrons. The fourth-order valence-corrected chi connectivity index (χ4v) is 3.03. The zero-order chi connectivity index (χ0) is 32.2. The summed E-state index contributed by atoms with van der Waals surface area (Å²) in [6, 6.07) is 4.64. The van der Waals surface area contributed by atoms with E-state index in [0.717, 1.165) is 12.1 Å². The Balaban J connectivity index is 0.000000227. The first kappa shape index (κ1) is 32.8. The molecule has 44 heavy (non-hydrogen) atoms. The van der Waals surface area contributed by atoms with E-state index in [1.165, 1.54) is 12.1 Å². The Labute approximate surface area is 245 Å². The number of aliphatic hydroxyl groups is 1. The number of carbonyl (C=O) groups excluding carboxylic acids is 4. The number of ether oxygens (including phenoxy) is 8. The molecular formula is C25H24O19. The van der Waals surface area contributed by atoms with Crippen molar-refractivity contribution in [2.75, 3.05) is 39.6 Å². The zero-order valence-corrected chi connectivity index (χ0v) is 22.4. The van der Waals surface area contributed by atoms with E-state index in [-0.39, 0.29) is 62.2 Å². The van der Waals surface area contributed by atoms with E-state index in [0.29, 0.717) is 12.6 Å². The lowest BCUT2D eigenvalue weighted by Crippen LogP contribution is -2.21. The third-order valence-corrected chi connectivity index (χ3v) is 5.07. The van der Waals surface area contributed by atoms with Gasteiger partial charge in [0.1, 0.15) is 33.0 Å². The molecule has 3 unspecified atom stereocenters. The van der Waals surface area contributed by atoms with Gasteiger partial charge in [-0.25, -0.2) is 28.8 Å². The van der Waals surface area contributed by atoms with Gasteiger partial charge in [0, 0.05) is 0 Å². The van der Waals surface area contributed by atoms with Crippen molar-refractivity contribution in [2.24, 2.45) is 0 Å². The number of furan rings is 2. The summed E-state index contributed by atoms with van der Waals surface area (Å²) >= 11 is 0. The maximum atomic E-state index is 11.8. The molecular weight excluding hydrogens is 604 g/mol. The molecule has 0 bridgehead atoms. The number of carboxylic acids is 2. The molecule has 3 atom stereocenters. The molecule has 0 spiro atoms. The number of rotatable bonds is 9. The Hall–Kier alpha value is -5.72. The minimum atomic E-state index is -1.28. The Kier molecular flexibility index (Phi) is 11.5. The van der Waals surface area contributed by atoms with Crippen LogP contribution in [0.2, 0.25) is 0 Å². The van der Waals surface area contributed by atoms with Crippen LogP contribution in [0.25, 0.3) is 0 Å². The summed E-state index contributed by atoms with van der Waals surface area (Å²) in [5.74, 6) is -5.15. The van der Waals surface area contributed by atoms with E-state index < -0.39 is 48.4 Å². The molecule has 3 fully saturated rings. The second kappa shape index (κ2) is 15.5. The van der Waals surface area contributed by atoms with E-state index >= 15 is 0 Å². The van der Waals surface area contributed by atoms with Gasteiger partial charge in [0.15, 0.2) is 18.3 Å². The summed E-state index contributed by atoms with van der Waals surface area (Å²) in [6.07, 6.45) is -3.23. The summed E-state index contributed by atoms with van der Waals surface area (Å²) in [6.45, 7) is 3.37. The van der Waals surface area contributed by atoms with Crippen LogP contribution in [0.5, 0.6) is 0 Å². The monoisotopic (exact) mass is 628 g/mol. The zero-order valence-electron chi connectivity index (χ0n) is 22.4. The van der Waals surface area contributed by atoms with Crippen LogP contribution in [0.1, 0.15) is 42.2 Å². The standard InChI is InChI=1S/C14H12O11.C6H4O5.C5H8O3/c15-11(19-3-7-5-21-13(17)23-7)9-1-2-10(25-9)12(16)20-4-8-6-22-14(18)24-8;7-5(8)3-1-2-4(11-3)6(9)10;1-4-7-3-5(2-6)8-4/h1-2,7-8H,3-6H2;1-2H,(H,7,8)(H,9,10);5-6H,1-3H2. The molecule has 0 aromatic carbocycles. The molecule has 3 aliphatic heterocycles. The molecule has 3 N–H and O–H groups in total. The lowest BCUT2D eigenvalue weighted by Gasteiger charge is -2.07. The number of aromatic carboxylic acids is 2. The van der Waals surface area contributed by atoms with Crippen LogP contribution < -0.4 is 0 Å². The van der Waals surface area contributed by atoms with Gasteiger partial charge in [0.2, 0.25) is 23.0 Å². The summed E-state index contributed by atoms with van der Waals surface area (Å²) in [5, 5.41) is 25.0. The van der Waals surface area contributed by atoms with Gasteiger partial charge in [-0.05, 0) is 30.8 Å². The maximum Gasteiger partial charge on any atom is 0.508 e. The summed E-state index contributed by atoms with van der Waals surface area (Å²) < 4.78 is 47.3. The third kappa shape index (κ3) is 9.98. The first-order valence-electron chi connectivity index (χ1n) is 12.2. The first-order valence-corrected chi connectivity index (χ1v) is 12.2. The fraction of sp³-hybridized carbons (Fsp3) is 0.360. The molecule has 0 aliphatic carbocycles. The normalized spacial score (nSPS) is 19.7. The molecule has 2 aromatic heterocycles. The van der Waals surface area contributed by atoms with Crippen molar-refractivity contribution < 1.29 is 90.8 Å². The average molecular weight is 628 g/mol. The number of carbonyl (C=O) groups is 6.